The molecule has 0 aliphatic carbocycles. The number of carbonyl (C=O) groups excluding carboxylic acids is 1. The van der Waals surface area contributed by atoms with Crippen molar-refractivity contribution in [2.24, 2.45) is 0 Å². The van der Waals surface area contributed by atoms with E-state index in [9.17, 15) is 4.79 Å². The number of hydrogen-bond acceptors (Lipinski definition) is 3. The van der Waals surface area contributed by atoms with Gasteiger partial charge in [0.15, 0.2) is 6.10 Å². The van der Waals surface area contributed by atoms with Gasteiger partial charge in [0.25, 0.3) is 0 Å². The van der Waals surface area contributed by atoms with Gasteiger partial charge in [-0.15, -0.1) is 0 Å². The first-order valence-electron chi connectivity index (χ1n) is 6.27. The fourth-order valence-corrected chi connectivity index (χ4v) is 1.96. The summed E-state index contributed by atoms with van der Waals surface area (Å²) < 4.78 is 5.53. The summed E-state index contributed by atoms with van der Waals surface area (Å²) in [5.74, 6) is -0.481. The minimum Gasteiger partial charge on any atom is -0.452 e. The molecule has 2 aromatic carbocycles. The molecule has 0 saturated carbocycles. The third kappa shape index (κ3) is 3.68. The van der Waals surface area contributed by atoms with Crippen molar-refractivity contribution in [3.05, 3.63) is 71.8 Å². The van der Waals surface area contributed by atoms with Crippen molar-refractivity contribution in [2.45, 2.75) is 10.9 Å². The Morgan fingerprint density at radius 2 is 1.45 bits per heavy atom. The molecule has 20 heavy (non-hydrogen) atoms. The van der Waals surface area contributed by atoms with Gasteiger partial charge in [0, 0.05) is 0 Å². The molecule has 0 unspecified atom stereocenters. The van der Waals surface area contributed by atoms with E-state index in [-0.39, 0.29) is 6.61 Å². The SMILES string of the molecule is O=C(OC(c1ccccc1)c1ccccc1)[C@@H](Br)CO. The van der Waals surface area contributed by atoms with E-state index in [4.69, 9.17) is 9.84 Å². The molecule has 0 aromatic heterocycles. The minimum absolute atomic E-state index is 0.296. The van der Waals surface area contributed by atoms with Gasteiger partial charge in [-0.25, -0.2) is 0 Å². The number of alkyl halides is 1. The van der Waals surface area contributed by atoms with Crippen LogP contribution in [0.4, 0.5) is 0 Å². The highest BCUT2D eigenvalue weighted by molar-refractivity contribution is 9.10. The molecule has 0 amide bonds. The third-order valence-corrected chi connectivity index (χ3v) is 3.52. The maximum Gasteiger partial charge on any atom is 0.323 e. The van der Waals surface area contributed by atoms with E-state index in [1.165, 1.54) is 0 Å². The van der Waals surface area contributed by atoms with Crippen molar-refractivity contribution in [2.75, 3.05) is 6.61 Å². The number of benzene rings is 2. The molecule has 1 N–H and O–H groups in total. The number of esters is 1. The lowest BCUT2D eigenvalue weighted by atomic mass is 10.0. The number of hydrogen-bond donors (Lipinski definition) is 1. The quantitative estimate of drug-likeness (QED) is 0.675. The van der Waals surface area contributed by atoms with Gasteiger partial charge in [-0.3, -0.25) is 4.79 Å². The van der Waals surface area contributed by atoms with Crippen LogP contribution in [0.5, 0.6) is 0 Å². The van der Waals surface area contributed by atoms with Gasteiger partial charge in [0.1, 0.15) is 4.83 Å². The third-order valence-electron chi connectivity index (χ3n) is 2.85. The van der Waals surface area contributed by atoms with Gasteiger partial charge in [0.05, 0.1) is 6.61 Å². The Kier molecular flexibility index (Phi) is 5.32. The predicted molar refractivity (Wildman–Crippen MR) is 80.6 cm³/mol. The van der Waals surface area contributed by atoms with Crippen molar-refractivity contribution in [3.8, 4) is 0 Å². The van der Waals surface area contributed by atoms with Crippen LogP contribution < -0.4 is 0 Å². The summed E-state index contributed by atoms with van der Waals surface area (Å²) in [4.78, 5) is 11.2. The average Bonchev–Trinajstić information content (AvgIpc) is 2.53. The monoisotopic (exact) mass is 334 g/mol. The maximum atomic E-state index is 11.9. The summed E-state index contributed by atoms with van der Waals surface area (Å²) in [7, 11) is 0. The van der Waals surface area contributed by atoms with Crippen LogP contribution in [0, 0.1) is 0 Å². The lowest BCUT2D eigenvalue weighted by Crippen LogP contribution is -2.23. The molecule has 2 aromatic rings. The fraction of sp³-hybridized carbons (Fsp3) is 0.188. The number of halogens is 1. The van der Waals surface area contributed by atoms with E-state index < -0.39 is 16.9 Å². The average molecular weight is 335 g/mol. The van der Waals surface area contributed by atoms with Crippen LogP contribution in [-0.4, -0.2) is 22.5 Å². The van der Waals surface area contributed by atoms with Crippen molar-refractivity contribution < 1.29 is 14.6 Å². The van der Waals surface area contributed by atoms with Crippen molar-refractivity contribution in [1.29, 1.82) is 0 Å². The zero-order valence-corrected chi connectivity index (χ0v) is 12.4. The molecule has 104 valence electrons. The first-order valence-corrected chi connectivity index (χ1v) is 7.19. The van der Waals surface area contributed by atoms with Crippen LogP contribution in [0.1, 0.15) is 17.2 Å². The number of rotatable bonds is 5. The second kappa shape index (κ2) is 7.22. The normalized spacial score (nSPS) is 12.2. The summed E-state index contributed by atoms with van der Waals surface area (Å²) in [5.41, 5.74) is 1.79. The minimum atomic E-state index is -0.711. The maximum absolute atomic E-state index is 11.9. The summed E-state index contributed by atoms with van der Waals surface area (Å²) in [6, 6.07) is 19.1. The largest absolute Gasteiger partial charge is 0.452 e. The van der Waals surface area contributed by atoms with Gasteiger partial charge in [0.2, 0.25) is 0 Å². The molecular weight excluding hydrogens is 320 g/mol. The summed E-state index contributed by atoms with van der Waals surface area (Å²) in [5, 5.41) is 9.01. The zero-order valence-electron chi connectivity index (χ0n) is 10.8. The molecule has 0 aliphatic rings. The Hall–Kier alpha value is -1.65. The lowest BCUT2D eigenvalue weighted by Gasteiger charge is -2.20. The van der Waals surface area contributed by atoms with Crippen LogP contribution in [0.25, 0.3) is 0 Å². The molecular formula is C16H15BrO3. The van der Waals surface area contributed by atoms with E-state index in [1.54, 1.807) is 0 Å². The predicted octanol–water partition coefficient (Wildman–Crippen LogP) is 3.08. The molecule has 0 fully saturated rings. The zero-order chi connectivity index (χ0) is 14.4. The van der Waals surface area contributed by atoms with E-state index in [1.807, 2.05) is 60.7 Å². The van der Waals surface area contributed by atoms with E-state index >= 15 is 0 Å². The molecule has 0 spiro atoms. The fourth-order valence-electron chi connectivity index (χ4n) is 1.85. The molecule has 0 radical (unpaired) electrons. The molecule has 0 bridgehead atoms. The Labute approximate surface area is 126 Å². The second-order valence-corrected chi connectivity index (χ2v) is 5.39. The highest BCUT2D eigenvalue weighted by Gasteiger charge is 2.23. The van der Waals surface area contributed by atoms with E-state index in [0.717, 1.165) is 11.1 Å². The Morgan fingerprint density at radius 3 is 1.85 bits per heavy atom. The van der Waals surface area contributed by atoms with E-state index in [2.05, 4.69) is 15.9 Å². The smallest absolute Gasteiger partial charge is 0.323 e. The molecule has 4 heteroatoms. The van der Waals surface area contributed by atoms with Gasteiger partial charge >= 0.3 is 5.97 Å². The molecule has 0 heterocycles. The highest BCUT2D eigenvalue weighted by atomic mass is 79.9. The van der Waals surface area contributed by atoms with Crippen LogP contribution in [-0.2, 0) is 9.53 Å². The number of aliphatic hydroxyl groups excluding tert-OH is 1. The van der Waals surface area contributed by atoms with E-state index in [0.29, 0.717) is 0 Å². The van der Waals surface area contributed by atoms with Gasteiger partial charge < -0.3 is 9.84 Å². The first kappa shape index (κ1) is 14.8. The topological polar surface area (TPSA) is 46.5 Å². The first-order chi connectivity index (χ1) is 9.72. The Balaban J connectivity index is 2.28. The summed E-state index contributed by atoms with van der Waals surface area (Å²) in [6.45, 7) is -0.296. The molecule has 1 atom stereocenters. The van der Waals surface area contributed by atoms with Crippen LogP contribution >= 0.6 is 15.9 Å². The van der Waals surface area contributed by atoms with Gasteiger partial charge in [-0.2, -0.15) is 0 Å². The Bertz CT molecular complexity index is 503. The van der Waals surface area contributed by atoms with Crippen LogP contribution in [0.15, 0.2) is 60.7 Å². The lowest BCUT2D eigenvalue weighted by molar-refractivity contribution is -0.147. The number of carbonyl (C=O) groups is 1. The van der Waals surface area contributed by atoms with Gasteiger partial charge in [-0.05, 0) is 11.1 Å². The summed E-state index contributed by atoms with van der Waals surface area (Å²) >= 11 is 3.09. The molecule has 0 aliphatic heterocycles. The standard InChI is InChI=1S/C16H15BrO3/c17-14(11-18)16(19)20-15(12-7-3-1-4-8-12)13-9-5-2-6-10-13/h1-10,14-15,18H,11H2/t14-/m0/s1. The van der Waals surface area contributed by atoms with Crippen molar-refractivity contribution in [1.82, 2.24) is 0 Å². The molecule has 3 nitrogen and oxygen atoms in total. The van der Waals surface area contributed by atoms with Gasteiger partial charge in [-0.1, -0.05) is 76.6 Å². The highest BCUT2D eigenvalue weighted by Crippen LogP contribution is 2.26. The number of aliphatic hydroxyl groups is 1. The second-order valence-electron chi connectivity index (χ2n) is 4.29. The number of ether oxygens (including phenoxy) is 1. The van der Waals surface area contributed by atoms with Crippen LogP contribution in [0.3, 0.4) is 0 Å². The van der Waals surface area contributed by atoms with Crippen molar-refractivity contribution in [3.63, 3.8) is 0 Å². The molecule has 0 saturated heterocycles. The summed E-state index contributed by atoms with van der Waals surface area (Å²) in [6.07, 6.45) is -0.475. The van der Waals surface area contributed by atoms with Crippen LogP contribution in [0.2, 0.25) is 0 Å². The molecule has 2 rings (SSSR count). The Morgan fingerprint density at radius 1 is 1.00 bits per heavy atom. The van der Waals surface area contributed by atoms with Crippen molar-refractivity contribution >= 4 is 21.9 Å².